The van der Waals surface area contributed by atoms with E-state index in [2.05, 4.69) is 15.1 Å². The van der Waals surface area contributed by atoms with E-state index in [1.807, 2.05) is 20.8 Å². The number of hydrogen-bond acceptors (Lipinski definition) is 4. The highest BCUT2D eigenvalue weighted by atomic mass is 35.5. The monoisotopic (exact) mass is 237 g/mol. The summed E-state index contributed by atoms with van der Waals surface area (Å²) in [4.78, 5) is 8.62. The van der Waals surface area contributed by atoms with Gasteiger partial charge in [-0.25, -0.2) is 9.97 Å². The van der Waals surface area contributed by atoms with Gasteiger partial charge >= 0.3 is 0 Å². The van der Waals surface area contributed by atoms with Crippen LogP contribution in [-0.2, 0) is 6.42 Å². The fourth-order valence-electron chi connectivity index (χ4n) is 1.56. The van der Waals surface area contributed by atoms with Crippen LogP contribution in [0.3, 0.4) is 0 Å². The Balaban J connectivity index is 2.60. The minimum Gasteiger partial charge on any atom is -0.361 e. The van der Waals surface area contributed by atoms with E-state index in [1.54, 1.807) is 6.07 Å². The third-order valence-corrected chi connectivity index (χ3v) is 2.56. The van der Waals surface area contributed by atoms with Crippen molar-refractivity contribution in [3.05, 3.63) is 28.4 Å². The Morgan fingerprint density at radius 1 is 1.31 bits per heavy atom. The average Bonchev–Trinajstić information content (AvgIpc) is 2.57. The highest BCUT2D eigenvalue weighted by Gasteiger charge is 2.15. The summed E-state index contributed by atoms with van der Waals surface area (Å²) in [5.41, 5.74) is 2.52. The normalized spacial score (nSPS) is 10.8. The fraction of sp³-hybridized carbons (Fsp3) is 0.364. The van der Waals surface area contributed by atoms with Crippen molar-refractivity contribution in [1.82, 2.24) is 15.1 Å². The van der Waals surface area contributed by atoms with Gasteiger partial charge in [-0.2, -0.15) is 0 Å². The van der Waals surface area contributed by atoms with Gasteiger partial charge in [0, 0.05) is 5.69 Å². The maximum Gasteiger partial charge on any atom is 0.166 e. The summed E-state index contributed by atoms with van der Waals surface area (Å²) in [5.74, 6) is 1.29. The second-order valence-corrected chi connectivity index (χ2v) is 3.95. The van der Waals surface area contributed by atoms with Crippen LogP contribution in [0.2, 0.25) is 5.15 Å². The minimum atomic E-state index is 0.446. The number of hydrogen-bond donors (Lipinski definition) is 0. The lowest BCUT2D eigenvalue weighted by Crippen LogP contribution is -1.96. The molecule has 0 aliphatic carbocycles. The van der Waals surface area contributed by atoms with E-state index in [1.165, 1.54) is 0 Å². The molecule has 0 N–H and O–H groups in total. The van der Waals surface area contributed by atoms with Crippen molar-refractivity contribution in [3.8, 4) is 11.4 Å². The molecule has 0 saturated heterocycles. The number of aryl methyl sites for hydroxylation is 3. The van der Waals surface area contributed by atoms with Crippen molar-refractivity contribution >= 4 is 11.6 Å². The third-order valence-electron chi connectivity index (χ3n) is 2.37. The van der Waals surface area contributed by atoms with Gasteiger partial charge in [-0.05, 0) is 26.3 Å². The van der Waals surface area contributed by atoms with Gasteiger partial charge in [0.1, 0.15) is 10.9 Å². The van der Waals surface area contributed by atoms with Crippen LogP contribution in [-0.4, -0.2) is 15.1 Å². The van der Waals surface area contributed by atoms with Crippen molar-refractivity contribution in [2.45, 2.75) is 27.2 Å². The van der Waals surface area contributed by atoms with Gasteiger partial charge < -0.3 is 4.52 Å². The summed E-state index contributed by atoms with van der Waals surface area (Å²) in [6.45, 7) is 5.72. The molecule has 2 heterocycles. The molecule has 5 heteroatoms. The summed E-state index contributed by atoms with van der Waals surface area (Å²) >= 11 is 5.95. The molecule has 4 nitrogen and oxygen atoms in total. The maximum atomic E-state index is 5.95. The molecule has 0 aliphatic rings. The van der Waals surface area contributed by atoms with Gasteiger partial charge in [-0.15, -0.1) is 0 Å². The van der Waals surface area contributed by atoms with Crippen LogP contribution < -0.4 is 0 Å². The van der Waals surface area contributed by atoms with Gasteiger partial charge in [0.15, 0.2) is 5.82 Å². The summed E-state index contributed by atoms with van der Waals surface area (Å²) in [5, 5.41) is 4.33. The third kappa shape index (κ3) is 1.93. The van der Waals surface area contributed by atoms with E-state index in [-0.39, 0.29) is 0 Å². The van der Waals surface area contributed by atoms with E-state index in [0.717, 1.165) is 23.4 Å². The van der Waals surface area contributed by atoms with E-state index >= 15 is 0 Å². The van der Waals surface area contributed by atoms with Gasteiger partial charge in [0.05, 0.1) is 11.3 Å². The van der Waals surface area contributed by atoms with Crippen molar-refractivity contribution in [1.29, 1.82) is 0 Å². The molecule has 0 spiro atoms. The van der Waals surface area contributed by atoms with Gasteiger partial charge in [-0.3, -0.25) is 0 Å². The van der Waals surface area contributed by atoms with Crippen LogP contribution in [0, 0.1) is 13.8 Å². The zero-order valence-corrected chi connectivity index (χ0v) is 10.2. The van der Waals surface area contributed by atoms with E-state index in [0.29, 0.717) is 16.7 Å². The molecule has 0 unspecified atom stereocenters. The zero-order chi connectivity index (χ0) is 11.7. The lowest BCUT2D eigenvalue weighted by Gasteiger charge is -2.02. The van der Waals surface area contributed by atoms with Gasteiger partial charge in [0.2, 0.25) is 0 Å². The van der Waals surface area contributed by atoms with Crippen LogP contribution in [0.5, 0.6) is 0 Å². The number of rotatable bonds is 2. The first kappa shape index (κ1) is 11.1. The molecule has 2 aromatic heterocycles. The van der Waals surface area contributed by atoms with Crippen LogP contribution >= 0.6 is 11.6 Å². The maximum absolute atomic E-state index is 5.95. The van der Waals surface area contributed by atoms with Crippen molar-refractivity contribution in [2.75, 3.05) is 0 Å². The Bertz CT molecular complexity index is 502. The molecule has 0 aliphatic heterocycles. The second-order valence-electron chi connectivity index (χ2n) is 3.56. The smallest absolute Gasteiger partial charge is 0.166 e. The predicted molar refractivity (Wildman–Crippen MR) is 61.4 cm³/mol. The Hall–Kier alpha value is -1.42. The summed E-state index contributed by atoms with van der Waals surface area (Å²) in [6.07, 6.45) is 0.818. The molecule has 0 radical (unpaired) electrons. The first-order valence-electron chi connectivity index (χ1n) is 5.08. The molecular formula is C11H12ClN3O. The van der Waals surface area contributed by atoms with Crippen molar-refractivity contribution < 1.29 is 4.52 Å². The lowest BCUT2D eigenvalue weighted by atomic mass is 10.2. The Morgan fingerprint density at radius 3 is 2.62 bits per heavy atom. The molecule has 0 fully saturated rings. The SMILES string of the molecule is CCc1cc(Cl)nc(-c2c(C)noc2C)n1. The molecule has 16 heavy (non-hydrogen) atoms. The zero-order valence-electron chi connectivity index (χ0n) is 9.41. The quantitative estimate of drug-likeness (QED) is 0.754. The standard InChI is InChI=1S/C11H12ClN3O/c1-4-8-5-9(12)14-11(13-8)10-6(2)15-16-7(10)3/h5H,4H2,1-3H3. The Labute approximate surface area is 98.7 Å². The number of aromatic nitrogens is 3. The van der Waals surface area contributed by atoms with Crippen LogP contribution in [0.25, 0.3) is 11.4 Å². The Morgan fingerprint density at radius 2 is 2.06 bits per heavy atom. The second kappa shape index (κ2) is 4.22. The first-order valence-corrected chi connectivity index (χ1v) is 5.46. The topological polar surface area (TPSA) is 51.8 Å². The van der Waals surface area contributed by atoms with Crippen LogP contribution in [0.1, 0.15) is 24.1 Å². The predicted octanol–water partition coefficient (Wildman–Crippen LogP) is 2.96. The summed E-state index contributed by atoms with van der Waals surface area (Å²) < 4.78 is 5.09. The first-order chi connectivity index (χ1) is 7.61. The average molecular weight is 238 g/mol. The highest BCUT2D eigenvalue weighted by molar-refractivity contribution is 6.29. The molecular weight excluding hydrogens is 226 g/mol. The fourth-order valence-corrected chi connectivity index (χ4v) is 1.77. The summed E-state index contributed by atoms with van der Waals surface area (Å²) in [6, 6.07) is 1.77. The largest absolute Gasteiger partial charge is 0.361 e. The van der Waals surface area contributed by atoms with E-state index in [9.17, 15) is 0 Å². The van der Waals surface area contributed by atoms with Crippen LogP contribution in [0.15, 0.2) is 10.6 Å². The molecule has 2 rings (SSSR count). The lowest BCUT2D eigenvalue weighted by molar-refractivity contribution is 0.393. The molecule has 0 saturated carbocycles. The number of halogens is 1. The van der Waals surface area contributed by atoms with Gasteiger partial charge in [-0.1, -0.05) is 23.7 Å². The minimum absolute atomic E-state index is 0.446. The van der Waals surface area contributed by atoms with Gasteiger partial charge in [0.25, 0.3) is 0 Å². The molecule has 2 aromatic rings. The Kier molecular flexibility index (Phi) is 2.92. The molecule has 0 aromatic carbocycles. The van der Waals surface area contributed by atoms with E-state index in [4.69, 9.17) is 16.1 Å². The molecule has 0 amide bonds. The van der Waals surface area contributed by atoms with Crippen molar-refractivity contribution in [3.63, 3.8) is 0 Å². The molecule has 84 valence electrons. The summed E-state index contributed by atoms with van der Waals surface area (Å²) in [7, 11) is 0. The molecule has 0 bridgehead atoms. The van der Waals surface area contributed by atoms with Crippen LogP contribution in [0.4, 0.5) is 0 Å². The number of nitrogens with zero attached hydrogens (tertiary/aromatic N) is 3. The van der Waals surface area contributed by atoms with E-state index < -0.39 is 0 Å². The van der Waals surface area contributed by atoms with Crippen molar-refractivity contribution in [2.24, 2.45) is 0 Å². The highest BCUT2D eigenvalue weighted by Crippen LogP contribution is 2.25. The molecule has 0 atom stereocenters.